The number of rotatable bonds is 7. The molecule has 3 heteroatoms. The topological polar surface area (TPSA) is 30.5 Å². The van der Waals surface area contributed by atoms with Gasteiger partial charge in [-0.05, 0) is 39.7 Å². The molecule has 1 aliphatic rings. The van der Waals surface area contributed by atoms with Crippen LogP contribution in [0.5, 0.6) is 0 Å². The van der Waals surface area contributed by atoms with E-state index in [0.717, 1.165) is 26.2 Å². The van der Waals surface area contributed by atoms with Gasteiger partial charge in [0.1, 0.15) is 0 Å². The zero-order valence-electron chi connectivity index (χ0n) is 9.42. The summed E-state index contributed by atoms with van der Waals surface area (Å²) in [5.41, 5.74) is 0. The Morgan fingerprint density at radius 1 is 1.57 bits per heavy atom. The largest absolute Gasteiger partial charge is 0.379 e. The molecule has 0 radical (unpaired) electrons. The van der Waals surface area contributed by atoms with Crippen LogP contribution in [0.3, 0.4) is 0 Å². The Morgan fingerprint density at radius 2 is 2.43 bits per heavy atom. The van der Waals surface area contributed by atoms with Crippen LogP contribution < -0.4 is 5.32 Å². The van der Waals surface area contributed by atoms with Crippen molar-refractivity contribution >= 4 is 0 Å². The van der Waals surface area contributed by atoms with Crippen LogP contribution in [-0.4, -0.2) is 39.0 Å². The molecule has 1 aliphatic heterocycles. The van der Waals surface area contributed by atoms with Crippen LogP contribution in [-0.2, 0) is 9.47 Å². The molecule has 0 saturated carbocycles. The summed E-state index contributed by atoms with van der Waals surface area (Å²) < 4.78 is 11.0. The summed E-state index contributed by atoms with van der Waals surface area (Å²) in [7, 11) is 2.00. The Labute approximate surface area is 87.2 Å². The number of hydrogen-bond donors (Lipinski definition) is 1. The second kappa shape index (κ2) is 7.21. The minimum absolute atomic E-state index is 0.372. The molecule has 84 valence electrons. The molecule has 0 amide bonds. The fourth-order valence-electron chi connectivity index (χ4n) is 1.63. The van der Waals surface area contributed by atoms with Gasteiger partial charge in [-0.15, -0.1) is 0 Å². The van der Waals surface area contributed by atoms with Gasteiger partial charge >= 0.3 is 0 Å². The van der Waals surface area contributed by atoms with E-state index in [1.807, 2.05) is 7.05 Å². The molecule has 14 heavy (non-hydrogen) atoms. The van der Waals surface area contributed by atoms with E-state index in [-0.39, 0.29) is 0 Å². The summed E-state index contributed by atoms with van der Waals surface area (Å²) in [5.74, 6) is 0. The number of nitrogens with one attached hydrogen (secondary N) is 1. The van der Waals surface area contributed by atoms with Gasteiger partial charge < -0.3 is 14.8 Å². The van der Waals surface area contributed by atoms with Gasteiger partial charge in [-0.3, -0.25) is 0 Å². The highest BCUT2D eigenvalue weighted by atomic mass is 16.5. The van der Waals surface area contributed by atoms with Crippen molar-refractivity contribution in [1.82, 2.24) is 5.32 Å². The fraction of sp³-hybridized carbons (Fsp3) is 1.00. The van der Waals surface area contributed by atoms with Crippen molar-refractivity contribution in [1.29, 1.82) is 0 Å². The summed E-state index contributed by atoms with van der Waals surface area (Å²) in [6, 6.07) is 0.598. The highest BCUT2D eigenvalue weighted by Crippen LogP contribution is 2.12. The molecule has 0 aromatic heterocycles. The predicted molar refractivity (Wildman–Crippen MR) is 57.5 cm³/mol. The summed E-state index contributed by atoms with van der Waals surface area (Å²) >= 11 is 0. The predicted octanol–water partition coefficient (Wildman–Crippen LogP) is 1.57. The molecule has 2 unspecified atom stereocenters. The Balaban J connectivity index is 1.84. The van der Waals surface area contributed by atoms with Gasteiger partial charge in [0.25, 0.3) is 0 Å². The van der Waals surface area contributed by atoms with E-state index in [1.165, 1.54) is 19.3 Å². The Bertz CT molecular complexity index is 135. The van der Waals surface area contributed by atoms with E-state index in [9.17, 15) is 0 Å². The Morgan fingerprint density at radius 3 is 3.07 bits per heavy atom. The molecule has 3 nitrogen and oxygen atoms in total. The lowest BCUT2D eigenvalue weighted by atomic mass is 10.2. The summed E-state index contributed by atoms with van der Waals surface area (Å²) in [6.45, 7) is 4.77. The molecule has 1 fully saturated rings. The van der Waals surface area contributed by atoms with Crippen molar-refractivity contribution in [2.45, 2.75) is 44.8 Å². The molecule has 0 aromatic carbocycles. The fourth-order valence-corrected chi connectivity index (χ4v) is 1.63. The standard InChI is InChI=1S/C11H23NO2/c1-10(12-2)5-3-7-13-9-11-6-4-8-14-11/h10-12H,3-9H2,1-2H3. The monoisotopic (exact) mass is 201 g/mol. The maximum Gasteiger partial charge on any atom is 0.0809 e. The van der Waals surface area contributed by atoms with Crippen LogP contribution >= 0.6 is 0 Å². The third kappa shape index (κ3) is 4.94. The van der Waals surface area contributed by atoms with Gasteiger partial charge in [-0.2, -0.15) is 0 Å². The number of hydrogen-bond acceptors (Lipinski definition) is 3. The lowest BCUT2D eigenvalue weighted by molar-refractivity contribution is 0.0158. The van der Waals surface area contributed by atoms with Crippen LogP contribution in [0.25, 0.3) is 0 Å². The molecule has 2 atom stereocenters. The molecule has 1 rings (SSSR count). The molecule has 0 aromatic rings. The van der Waals surface area contributed by atoms with Crippen LogP contribution in [0.2, 0.25) is 0 Å². The maximum atomic E-state index is 5.56. The van der Waals surface area contributed by atoms with Crippen molar-refractivity contribution in [3.05, 3.63) is 0 Å². The van der Waals surface area contributed by atoms with Crippen LogP contribution in [0.15, 0.2) is 0 Å². The quantitative estimate of drug-likeness (QED) is 0.634. The van der Waals surface area contributed by atoms with E-state index in [4.69, 9.17) is 9.47 Å². The molecule has 1 heterocycles. The van der Waals surface area contributed by atoms with Crippen LogP contribution in [0.1, 0.15) is 32.6 Å². The zero-order chi connectivity index (χ0) is 10.2. The molecule has 0 bridgehead atoms. The lowest BCUT2D eigenvalue weighted by Gasteiger charge is -2.12. The second-order valence-electron chi connectivity index (χ2n) is 4.04. The van der Waals surface area contributed by atoms with E-state index in [0.29, 0.717) is 12.1 Å². The van der Waals surface area contributed by atoms with Crippen molar-refractivity contribution < 1.29 is 9.47 Å². The Kier molecular flexibility index (Phi) is 6.15. The minimum Gasteiger partial charge on any atom is -0.379 e. The third-order valence-corrected chi connectivity index (χ3v) is 2.75. The van der Waals surface area contributed by atoms with Gasteiger partial charge in [-0.1, -0.05) is 0 Å². The molecular weight excluding hydrogens is 178 g/mol. The average Bonchev–Trinajstić information content (AvgIpc) is 2.69. The van der Waals surface area contributed by atoms with Crippen molar-refractivity contribution in [2.24, 2.45) is 0 Å². The van der Waals surface area contributed by atoms with Crippen molar-refractivity contribution in [3.8, 4) is 0 Å². The first kappa shape index (κ1) is 12.0. The third-order valence-electron chi connectivity index (χ3n) is 2.75. The number of ether oxygens (including phenoxy) is 2. The minimum atomic E-state index is 0.372. The van der Waals surface area contributed by atoms with E-state index in [1.54, 1.807) is 0 Å². The molecule has 0 spiro atoms. The van der Waals surface area contributed by atoms with Crippen molar-refractivity contribution in [2.75, 3.05) is 26.9 Å². The molecular formula is C11H23NO2. The summed E-state index contributed by atoms with van der Waals surface area (Å²) in [6.07, 6.45) is 5.06. The molecule has 1 saturated heterocycles. The van der Waals surface area contributed by atoms with Crippen LogP contribution in [0.4, 0.5) is 0 Å². The Hall–Kier alpha value is -0.120. The average molecular weight is 201 g/mol. The van der Waals surface area contributed by atoms with E-state index >= 15 is 0 Å². The van der Waals surface area contributed by atoms with Gasteiger partial charge in [0.05, 0.1) is 12.7 Å². The first-order valence-corrected chi connectivity index (χ1v) is 5.69. The normalized spacial score (nSPS) is 24.0. The molecule has 0 aliphatic carbocycles. The zero-order valence-corrected chi connectivity index (χ0v) is 9.42. The summed E-state index contributed by atoms with van der Waals surface area (Å²) in [5, 5.41) is 3.22. The van der Waals surface area contributed by atoms with Crippen LogP contribution in [0, 0.1) is 0 Å². The second-order valence-corrected chi connectivity index (χ2v) is 4.04. The van der Waals surface area contributed by atoms with E-state index in [2.05, 4.69) is 12.2 Å². The van der Waals surface area contributed by atoms with Gasteiger partial charge in [0, 0.05) is 19.3 Å². The summed E-state index contributed by atoms with van der Waals surface area (Å²) in [4.78, 5) is 0. The lowest BCUT2D eigenvalue weighted by Crippen LogP contribution is -2.21. The van der Waals surface area contributed by atoms with Gasteiger partial charge in [0.2, 0.25) is 0 Å². The van der Waals surface area contributed by atoms with Gasteiger partial charge in [-0.25, -0.2) is 0 Å². The maximum absolute atomic E-state index is 5.56. The van der Waals surface area contributed by atoms with Crippen molar-refractivity contribution in [3.63, 3.8) is 0 Å². The first-order valence-electron chi connectivity index (χ1n) is 5.69. The van der Waals surface area contributed by atoms with Gasteiger partial charge in [0.15, 0.2) is 0 Å². The smallest absolute Gasteiger partial charge is 0.0809 e. The molecule has 1 N–H and O–H groups in total. The first-order chi connectivity index (χ1) is 6.83. The SMILES string of the molecule is CNC(C)CCCOCC1CCCO1. The highest BCUT2D eigenvalue weighted by Gasteiger charge is 2.14. The highest BCUT2D eigenvalue weighted by molar-refractivity contribution is 4.63. The van der Waals surface area contributed by atoms with E-state index < -0.39 is 0 Å².